The Morgan fingerprint density at radius 1 is 1.04 bits per heavy atom. The van der Waals surface area contributed by atoms with E-state index in [1.807, 2.05) is 43.3 Å². The van der Waals surface area contributed by atoms with Crippen molar-refractivity contribution in [1.29, 1.82) is 0 Å². The lowest BCUT2D eigenvalue weighted by atomic mass is 10.1. The third-order valence-corrected chi connectivity index (χ3v) is 5.09. The lowest BCUT2D eigenvalue weighted by Gasteiger charge is -2.13. The molecule has 2 rings (SSSR count). The van der Waals surface area contributed by atoms with Gasteiger partial charge in [0.2, 0.25) is 10.0 Å². The van der Waals surface area contributed by atoms with Crippen molar-refractivity contribution in [3.05, 3.63) is 59.7 Å². The number of alkyl halides is 3. The highest BCUT2D eigenvalue weighted by molar-refractivity contribution is 7.89. The molecule has 0 heterocycles. The molecule has 0 aliphatic heterocycles. The highest BCUT2D eigenvalue weighted by Crippen LogP contribution is 2.30. The molecule has 0 atom stereocenters. The quantitative estimate of drug-likeness (QED) is 0.847. The Labute approximate surface area is 145 Å². The summed E-state index contributed by atoms with van der Waals surface area (Å²) in [6.07, 6.45) is -4.15. The molecule has 136 valence electrons. The number of benzene rings is 2. The van der Waals surface area contributed by atoms with Crippen LogP contribution in [0.5, 0.6) is 0 Å². The molecule has 0 aliphatic carbocycles. The van der Waals surface area contributed by atoms with Crippen LogP contribution >= 0.6 is 0 Å². The van der Waals surface area contributed by atoms with E-state index in [0.29, 0.717) is 12.5 Å². The molecule has 0 aliphatic rings. The first-order valence-corrected chi connectivity index (χ1v) is 9.01. The summed E-state index contributed by atoms with van der Waals surface area (Å²) < 4.78 is 64.8. The minimum atomic E-state index is -4.58. The second-order valence-corrected chi connectivity index (χ2v) is 7.50. The minimum absolute atomic E-state index is 0.0971. The van der Waals surface area contributed by atoms with Crippen molar-refractivity contribution in [3.8, 4) is 0 Å². The largest absolute Gasteiger partial charge is 0.416 e. The van der Waals surface area contributed by atoms with E-state index in [4.69, 9.17) is 0 Å². The van der Waals surface area contributed by atoms with Gasteiger partial charge in [-0.3, -0.25) is 0 Å². The van der Waals surface area contributed by atoms with E-state index < -0.39 is 26.7 Å². The fourth-order valence-corrected chi connectivity index (χ4v) is 3.29. The van der Waals surface area contributed by atoms with Crippen molar-refractivity contribution < 1.29 is 21.6 Å². The Morgan fingerprint density at radius 3 is 2.24 bits per heavy atom. The molecule has 0 bridgehead atoms. The summed E-state index contributed by atoms with van der Waals surface area (Å²) in [6.45, 7) is 0.0971. The molecule has 0 spiro atoms. The number of halogens is 3. The summed E-state index contributed by atoms with van der Waals surface area (Å²) in [5.41, 5.74) is 0.959. The van der Waals surface area contributed by atoms with Gasteiger partial charge >= 0.3 is 6.18 Å². The van der Waals surface area contributed by atoms with E-state index in [1.54, 1.807) is 0 Å². The van der Waals surface area contributed by atoms with Crippen molar-refractivity contribution in [1.82, 2.24) is 4.72 Å². The third kappa shape index (κ3) is 5.20. The van der Waals surface area contributed by atoms with Crippen LogP contribution < -0.4 is 9.62 Å². The monoisotopic (exact) mass is 372 g/mol. The summed E-state index contributed by atoms with van der Waals surface area (Å²) in [5, 5.41) is 0. The zero-order valence-corrected chi connectivity index (χ0v) is 14.7. The summed E-state index contributed by atoms with van der Waals surface area (Å²) in [5.74, 6) is 0. The van der Waals surface area contributed by atoms with Crippen molar-refractivity contribution in [3.63, 3.8) is 0 Å². The van der Waals surface area contributed by atoms with Gasteiger partial charge in [0.25, 0.3) is 0 Å². The maximum absolute atomic E-state index is 12.7. The number of anilines is 1. The molecule has 2 aromatic rings. The fourth-order valence-electron chi connectivity index (χ4n) is 2.21. The molecule has 0 saturated heterocycles. The van der Waals surface area contributed by atoms with Gasteiger partial charge in [-0.05, 0) is 42.3 Å². The summed E-state index contributed by atoms with van der Waals surface area (Å²) >= 11 is 0. The van der Waals surface area contributed by atoms with Crippen LogP contribution in [-0.4, -0.2) is 29.1 Å². The SMILES string of the molecule is CN(C)c1ccc(CCNS(=O)(=O)c2cccc(C(F)(F)F)c2)cc1. The average molecular weight is 372 g/mol. The van der Waals surface area contributed by atoms with Gasteiger partial charge < -0.3 is 4.90 Å². The van der Waals surface area contributed by atoms with Crippen LogP contribution in [0.2, 0.25) is 0 Å². The number of nitrogens with one attached hydrogen (secondary N) is 1. The normalized spacial score (nSPS) is 12.2. The van der Waals surface area contributed by atoms with Gasteiger partial charge in [0.05, 0.1) is 10.5 Å². The van der Waals surface area contributed by atoms with Crippen LogP contribution in [0.1, 0.15) is 11.1 Å². The summed E-state index contributed by atoms with van der Waals surface area (Å²) in [7, 11) is -0.163. The van der Waals surface area contributed by atoms with E-state index in [2.05, 4.69) is 4.72 Å². The molecule has 25 heavy (non-hydrogen) atoms. The van der Waals surface area contributed by atoms with E-state index in [9.17, 15) is 21.6 Å². The minimum Gasteiger partial charge on any atom is -0.378 e. The van der Waals surface area contributed by atoms with Crippen LogP contribution in [0.25, 0.3) is 0 Å². The fraction of sp³-hybridized carbons (Fsp3) is 0.294. The number of sulfonamides is 1. The van der Waals surface area contributed by atoms with Crippen LogP contribution in [0, 0.1) is 0 Å². The van der Waals surface area contributed by atoms with E-state index in [0.717, 1.165) is 29.4 Å². The number of rotatable bonds is 6. The highest BCUT2D eigenvalue weighted by atomic mass is 32.2. The Hall–Kier alpha value is -2.06. The van der Waals surface area contributed by atoms with Crippen molar-refractivity contribution >= 4 is 15.7 Å². The van der Waals surface area contributed by atoms with Gasteiger partial charge in [0.15, 0.2) is 0 Å². The van der Waals surface area contributed by atoms with Crippen LogP contribution in [0.4, 0.5) is 18.9 Å². The smallest absolute Gasteiger partial charge is 0.378 e. The molecule has 0 fully saturated rings. The van der Waals surface area contributed by atoms with Crippen LogP contribution in [0.3, 0.4) is 0 Å². The van der Waals surface area contributed by atoms with E-state index >= 15 is 0 Å². The first-order valence-electron chi connectivity index (χ1n) is 7.53. The number of nitrogens with zero attached hydrogens (tertiary/aromatic N) is 1. The molecule has 1 N–H and O–H groups in total. The standard InChI is InChI=1S/C17H19F3N2O2S/c1-22(2)15-8-6-13(7-9-15)10-11-21-25(23,24)16-5-3-4-14(12-16)17(18,19)20/h3-9,12,21H,10-11H2,1-2H3. The predicted molar refractivity (Wildman–Crippen MR) is 91.1 cm³/mol. The third-order valence-electron chi connectivity index (χ3n) is 3.63. The molecule has 0 amide bonds. The summed E-state index contributed by atoms with van der Waals surface area (Å²) in [6, 6.07) is 11.3. The zero-order chi connectivity index (χ0) is 18.7. The maximum Gasteiger partial charge on any atom is 0.416 e. The van der Waals surface area contributed by atoms with Gasteiger partial charge in [-0.1, -0.05) is 18.2 Å². The average Bonchev–Trinajstić information content (AvgIpc) is 2.54. The number of hydrogen-bond acceptors (Lipinski definition) is 3. The van der Waals surface area contributed by atoms with E-state index in [-0.39, 0.29) is 6.54 Å². The maximum atomic E-state index is 12.7. The lowest BCUT2D eigenvalue weighted by molar-refractivity contribution is -0.137. The molecule has 0 saturated carbocycles. The first kappa shape index (κ1) is 19.3. The molecule has 0 radical (unpaired) electrons. The zero-order valence-electron chi connectivity index (χ0n) is 13.8. The molecule has 8 heteroatoms. The Kier molecular flexibility index (Phi) is 5.74. The predicted octanol–water partition coefficient (Wildman–Crippen LogP) is 3.29. The number of hydrogen-bond donors (Lipinski definition) is 1. The van der Waals surface area contributed by atoms with Gasteiger partial charge in [-0.15, -0.1) is 0 Å². The van der Waals surface area contributed by atoms with Crippen LogP contribution in [0.15, 0.2) is 53.4 Å². The Bertz CT molecular complexity index is 817. The highest BCUT2D eigenvalue weighted by Gasteiger charge is 2.31. The van der Waals surface area contributed by atoms with Gasteiger partial charge in [0, 0.05) is 26.3 Å². The Balaban J connectivity index is 2.02. The summed E-state index contributed by atoms with van der Waals surface area (Å²) in [4.78, 5) is 1.55. The second-order valence-electron chi connectivity index (χ2n) is 5.73. The van der Waals surface area contributed by atoms with Crippen molar-refractivity contribution in [2.24, 2.45) is 0 Å². The topological polar surface area (TPSA) is 49.4 Å². The molecule has 0 unspecified atom stereocenters. The molecule has 2 aromatic carbocycles. The Morgan fingerprint density at radius 2 is 1.68 bits per heavy atom. The second kappa shape index (κ2) is 7.45. The molecule has 4 nitrogen and oxygen atoms in total. The van der Waals surface area contributed by atoms with Gasteiger partial charge in [-0.25, -0.2) is 13.1 Å². The van der Waals surface area contributed by atoms with Gasteiger partial charge in [-0.2, -0.15) is 13.2 Å². The van der Waals surface area contributed by atoms with E-state index in [1.165, 1.54) is 0 Å². The molecule has 0 aromatic heterocycles. The van der Waals surface area contributed by atoms with Crippen molar-refractivity contribution in [2.45, 2.75) is 17.5 Å². The first-order chi connectivity index (χ1) is 11.6. The molecular weight excluding hydrogens is 353 g/mol. The van der Waals surface area contributed by atoms with Gasteiger partial charge in [0.1, 0.15) is 0 Å². The van der Waals surface area contributed by atoms with Crippen molar-refractivity contribution in [2.75, 3.05) is 25.5 Å². The molecular formula is C17H19F3N2O2S. The van der Waals surface area contributed by atoms with Crippen LogP contribution in [-0.2, 0) is 22.6 Å². The lowest BCUT2D eigenvalue weighted by Crippen LogP contribution is -2.26.